The van der Waals surface area contributed by atoms with Gasteiger partial charge < -0.3 is 30.1 Å². The Hall–Kier alpha value is -4.46. The van der Waals surface area contributed by atoms with Gasteiger partial charge in [-0.25, -0.2) is 9.37 Å². The number of benzene rings is 2. The van der Waals surface area contributed by atoms with E-state index in [1.807, 2.05) is 0 Å². The van der Waals surface area contributed by atoms with Crippen molar-refractivity contribution < 1.29 is 41.7 Å². The van der Waals surface area contributed by atoms with Gasteiger partial charge in [0.25, 0.3) is 11.8 Å². The molecule has 3 N–H and O–H groups in total. The lowest BCUT2D eigenvalue weighted by atomic mass is 9.93. The van der Waals surface area contributed by atoms with Gasteiger partial charge in [0.1, 0.15) is 22.9 Å². The van der Waals surface area contributed by atoms with Crippen molar-refractivity contribution in [1.82, 2.24) is 20.2 Å². The van der Waals surface area contributed by atoms with Gasteiger partial charge in [-0.1, -0.05) is 12.1 Å². The van der Waals surface area contributed by atoms with E-state index in [2.05, 4.69) is 20.6 Å². The molecule has 2 amide bonds. The first kappa shape index (κ1) is 29.0. The third-order valence-electron chi connectivity index (χ3n) is 7.16. The average molecular weight is 590 g/mol. The van der Waals surface area contributed by atoms with Crippen LogP contribution in [0.1, 0.15) is 57.5 Å². The van der Waals surface area contributed by atoms with Gasteiger partial charge in [0.05, 0.1) is 30.0 Å². The number of hydrogen-bond donors (Lipinski definition) is 3. The largest absolute Gasteiger partial charge is 0.495 e. The van der Waals surface area contributed by atoms with Gasteiger partial charge in [0.2, 0.25) is 11.8 Å². The predicted octanol–water partition coefficient (Wildman–Crippen LogP) is 4.80. The molecule has 2 aliphatic rings. The molecule has 42 heavy (non-hydrogen) atoms. The number of carbonyl (C=O) groups excluding carboxylic acids is 2. The summed E-state index contributed by atoms with van der Waals surface area (Å²) >= 11 is 0. The number of halogens is 4. The van der Waals surface area contributed by atoms with Crippen LogP contribution in [0.3, 0.4) is 0 Å². The fourth-order valence-electron chi connectivity index (χ4n) is 4.95. The number of rotatable bonds is 7. The minimum atomic E-state index is -4.89. The molecule has 0 spiro atoms. The second-order valence-electron chi connectivity index (χ2n) is 10.1. The summed E-state index contributed by atoms with van der Waals surface area (Å²) in [5.41, 5.74) is -0.927. The van der Waals surface area contributed by atoms with E-state index in [0.29, 0.717) is 37.4 Å². The summed E-state index contributed by atoms with van der Waals surface area (Å²) in [6.07, 6.45) is -2.64. The van der Waals surface area contributed by atoms with Crippen LogP contribution in [0.5, 0.6) is 17.4 Å². The first-order valence-corrected chi connectivity index (χ1v) is 13.1. The molecule has 2 heterocycles. The molecule has 3 aromatic rings. The topological polar surface area (TPSA) is 126 Å². The lowest BCUT2D eigenvalue weighted by Gasteiger charge is -2.26. The Bertz CT molecular complexity index is 1530. The summed E-state index contributed by atoms with van der Waals surface area (Å²) in [6, 6.07) is 6.47. The highest BCUT2D eigenvalue weighted by Crippen LogP contribution is 2.40. The molecule has 0 unspecified atom stereocenters. The molecule has 2 aromatic carbocycles. The van der Waals surface area contributed by atoms with Crippen LogP contribution in [0.15, 0.2) is 36.5 Å². The zero-order chi connectivity index (χ0) is 30.2. The Morgan fingerprint density at radius 1 is 1.14 bits per heavy atom. The molecule has 0 saturated heterocycles. The van der Waals surface area contributed by atoms with Crippen molar-refractivity contribution in [1.29, 1.82) is 0 Å². The van der Waals surface area contributed by atoms with E-state index in [1.54, 1.807) is 19.2 Å². The quantitative estimate of drug-likeness (QED) is 0.336. The number of aliphatic hydroxyl groups is 1. The highest BCUT2D eigenvalue weighted by Gasteiger charge is 2.38. The number of methoxy groups -OCH3 is 1. The van der Waals surface area contributed by atoms with E-state index in [1.165, 1.54) is 18.1 Å². The number of aromatic nitrogens is 2. The SMILES string of the molecule is COc1cc(C(=O)N[C@H]2CC[C@H](O)CC2)c(F)cc1Nc1ncc(C(F)(F)F)c(Oc2cccc3c2C(=O)N(C)C3)n1. The number of amides is 2. The molecular weight excluding hydrogens is 562 g/mol. The first-order valence-electron chi connectivity index (χ1n) is 13.1. The summed E-state index contributed by atoms with van der Waals surface area (Å²) in [5.74, 6) is -3.36. The molecule has 14 heteroatoms. The number of ether oxygens (including phenoxy) is 2. The Morgan fingerprint density at radius 3 is 2.57 bits per heavy atom. The average Bonchev–Trinajstić information content (AvgIpc) is 3.23. The number of anilines is 2. The van der Waals surface area contributed by atoms with E-state index >= 15 is 4.39 Å². The molecule has 1 aliphatic heterocycles. The second-order valence-corrected chi connectivity index (χ2v) is 10.1. The summed E-state index contributed by atoms with van der Waals surface area (Å²) in [7, 11) is 2.83. The number of fused-ring (bicyclic) bond motifs is 1. The molecular formula is C28H27F4N5O5. The summed E-state index contributed by atoms with van der Waals surface area (Å²) < 4.78 is 67.4. The van der Waals surface area contributed by atoms with Crippen LogP contribution in [0.4, 0.5) is 29.2 Å². The Balaban J connectivity index is 1.42. The molecule has 5 rings (SSSR count). The van der Waals surface area contributed by atoms with Crippen molar-refractivity contribution in [2.24, 2.45) is 0 Å². The minimum absolute atomic E-state index is 0.00101. The zero-order valence-electron chi connectivity index (χ0n) is 22.6. The van der Waals surface area contributed by atoms with Gasteiger partial charge in [0, 0.05) is 31.9 Å². The number of nitrogens with one attached hydrogen (secondary N) is 2. The second kappa shape index (κ2) is 11.4. The highest BCUT2D eigenvalue weighted by atomic mass is 19.4. The maximum Gasteiger partial charge on any atom is 0.423 e. The van der Waals surface area contributed by atoms with Gasteiger partial charge in [-0.2, -0.15) is 18.2 Å². The lowest BCUT2D eigenvalue weighted by Crippen LogP contribution is -2.38. The lowest BCUT2D eigenvalue weighted by molar-refractivity contribution is -0.139. The van der Waals surface area contributed by atoms with Gasteiger partial charge in [0.15, 0.2) is 0 Å². The fraction of sp³-hybridized carbons (Fsp3) is 0.357. The Morgan fingerprint density at radius 2 is 1.88 bits per heavy atom. The van der Waals surface area contributed by atoms with E-state index in [0.717, 1.165) is 12.1 Å². The smallest absolute Gasteiger partial charge is 0.423 e. The van der Waals surface area contributed by atoms with Gasteiger partial charge in [-0.3, -0.25) is 9.59 Å². The van der Waals surface area contributed by atoms with Crippen molar-refractivity contribution in [3.8, 4) is 17.4 Å². The van der Waals surface area contributed by atoms with Crippen molar-refractivity contribution in [2.75, 3.05) is 19.5 Å². The van der Waals surface area contributed by atoms with E-state index in [9.17, 15) is 27.9 Å². The summed E-state index contributed by atoms with van der Waals surface area (Å²) in [5, 5.41) is 15.0. The molecule has 1 fully saturated rings. The van der Waals surface area contributed by atoms with Crippen molar-refractivity contribution in [2.45, 2.75) is 50.6 Å². The Labute approximate surface area is 237 Å². The van der Waals surface area contributed by atoms with Gasteiger partial charge in [-0.05, 0) is 43.4 Å². The number of aliphatic hydroxyl groups excluding tert-OH is 1. The number of hydrogen-bond acceptors (Lipinski definition) is 8. The third-order valence-corrected chi connectivity index (χ3v) is 7.16. The summed E-state index contributed by atoms with van der Waals surface area (Å²) in [4.78, 5) is 34.3. The molecule has 222 valence electrons. The first-order chi connectivity index (χ1) is 19.9. The summed E-state index contributed by atoms with van der Waals surface area (Å²) in [6.45, 7) is 0.275. The normalized spacial score (nSPS) is 18.5. The standard InChI is InChI=1S/C28H27F4N5O5/c1-37-13-14-4-3-5-21(23(14)26(37)40)42-25-18(28(30,31)32)12-33-27(36-25)35-20-11-19(29)17(10-22(20)41-2)24(39)34-15-6-8-16(38)9-7-15/h3-5,10-12,15-16,38H,6-9,13H2,1-2H3,(H,34,39)(H,33,35,36)/t15-,16-. The monoisotopic (exact) mass is 589 g/mol. The fourth-order valence-corrected chi connectivity index (χ4v) is 4.95. The maximum atomic E-state index is 15.1. The molecule has 1 aromatic heterocycles. The van der Waals surface area contributed by atoms with Crippen molar-refractivity contribution in [3.05, 3.63) is 64.6 Å². The molecule has 10 nitrogen and oxygen atoms in total. The predicted molar refractivity (Wildman–Crippen MR) is 141 cm³/mol. The van der Waals surface area contributed by atoms with Gasteiger partial charge >= 0.3 is 6.18 Å². The van der Waals surface area contributed by atoms with Crippen LogP contribution < -0.4 is 20.1 Å². The molecule has 1 saturated carbocycles. The number of carbonyl (C=O) groups is 2. The van der Waals surface area contributed by atoms with Gasteiger partial charge in [-0.15, -0.1) is 0 Å². The van der Waals surface area contributed by atoms with E-state index in [4.69, 9.17) is 9.47 Å². The molecule has 0 bridgehead atoms. The Kier molecular flexibility index (Phi) is 7.91. The third kappa shape index (κ3) is 5.93. The van der Waals surface area contributed by atoms with Crippen LogP contribution in [0.25, 0.3) is 0 Å². The van der Waals surface area contributed by atoms with Crippen LogP contribution in [-0.4, -0.2) is 58.1 Å². The molecule has 1 aliphatic carbocycles. The highest BCUT2D eigenvalue weighted by molar-refractivity contribution is 6.01. The minimum Gasteiger partial charge on any atom is -0.495 e. The molecule has 0 atom stereocenters. The van der Waals surface area contributed by atoms with E-state index in [-0.39, 0.29) is 46.8 Å². The van der Waals surface area contributed by atoms with Crippen LogP contribution in [0, 0.1) is 5.82 Å². The van der Waals surface area contributed by atoms with Crippen molar-refractivity contribution in [3.63, 3.8) is 0 Å². The number of alkyl halides is 3. The van der Waals surface area contributed by atoms with E-state index < -0.39 is 41.4 Å². The zero-order valence-corrected chi connectivity index (χ0v) is 22.6. The van der Waals surface area contributed by atoms with Crippen molar-refractivity contribution >= 4 is 23.5 Å². The van der Waals surface area contributed by atoms with Crippen LogP contribution >= 0.6 is 0 Å². The van der Waals surface area contributed by atoms with Crippen LogP contribution in [0.2, 0.25) is 0 Å². The number of nitrogens with zero attached hydrogens (tertiary/aromatic N) is 3. The van der Waals surface area contributed by atoms with Crippen LogP contribution in [-0.2, 0) is 12.7 Å². The molecule has 0 radical (unpaired) electrons. The maximum absolute atomic E-state index is 15.1.